The molecule has 3 heterocycles. The standard InChI is InChI=1S/C14H18N6O2/c1-18-6-5-15-12(18)10-19-7-8-20(9-11(19)13(21)22)14-16-3-2-4-17-14/h2-6,11H,7-10H2,1H3,(H,21,22)/t11-/m1/s1. The molecule has 2 aromatic heterocycles. The summed E-state index contributed by atoms with van der Waals surface area (Å²) in [5.41, 5.74) is 0. The molecule has 1 N–H and O–H groups in total. The second kappa shape index (κ2) is 6.10. The van der Waals surface area contributed by atoms with Gasteiger partial charge in [0.2, 0.25) is 5.95 Å². The van der Waals surface area contributed by atoms with Crippen molar-refractivity contribution in [2.75, 3.05) is 24.5 Å². The SMILES string of the molecule is Cn1ccnc1CN1CCN(c2ncccn2)C[C@@H]1C(=O)O. The molecule has 0 radical (unpaired) electrons. The highest BCUT2D eigenvalue weighted by atomic mass is 16.4. The van der Waals surface area contributed by atoms with Crippen LogP contribution in [0.25, 0.3) is 0 Å². The van der Waals surface area contributed by atoms with Gasteiger partial charge in [-0.25, -0.2) is 15.0 Å². The summed E-state index contributed by atoms with van der Waals surface area (Å²) >= 11 is 0. The van der Waals surface area contributed by atoms with Crippen molar-refractivity contribution in [3.05, 3.63) is 36.7 Å². The Balaban J connectivity index is 1.74. The highest BCUT2D eigenvalue weighted by molar-refractivity contribution is 5.74. The first kappa shape index (κ1) is 14.5. The summed E-state index contributed by atoms with van der Waals surface area (Å²) in [4.78, 5) is 28.1. The monoisotopic (exact) mass is 302 g/mol. The molecule has 0 aliphatic carbocycles. The number of piperazine rings is 1. The number of hydrogen-bond donors (Lipinski definition) is 1. The van der Waals surface area contributed by atoms with Crippen molar-refractivity contribution in [2.45, 2.75) is 12.6 Å². The van der Waals surface area contributed by atoms with Crippen molar-refractivity contribution in [3.8, 4) is 0 Å². The van der Waals surface area contributed by atoms with E-state index in [0.29, 0.717) is 32.1 Å². The Hall–Kier alpha value is -2.48. The largest absolute Gasteiger partial charge is 0.480 e. The molecule has 1 saturated heterocycles. The van der Waals surface area contributed by atoms with Gasteiger partial charge in [-0.2, -0.15) is 0 Å². The highest BCUT2D eigenvalue weighted by Gasteiger charge is 2.33. The third kappa shape index (κ3) is 2.91. The van der Waals surface area contributed by atoms with Gasteiger partial charge in [0.15, 0.2) is 0 Å². The van der Waals surface area contributed by atoms with E-state index in [1.54, 1.807) is 24.7 Å². The zero-order chi connectivity index (χ0) is 15.5. The summed E-state index contributed by atoms with van der Waals surface area (Å²) in [5, 5.41) is 9.53. The predicted octanol–water partition coefficient (Wildman–Crippen LogP) is -0.0145. The van der Waals surface area contributed by atoms with E-state index in [1.807, 2.05) is 27.6 Å². The first-order valence-corrected chi connectivity index (χ1v) is 7.10. The quantitative estimate of drug-likeness (QED) is 0.849. The number of nitrogens with zero attached hydrogens (tertiary/aromatic N) is 6. The van der Waals surface area contributed by atoms with Crippen LogP contribution in [0.15, 0.2) is 30.9 Å². The first-order valence-electron chi connectivity index (χ1n) is 7.10. The molecule has 0 bridgehead atoms. The van der Waals surface area contributed by atoms with Crippen LogP contribution in [0.4, 0.5) is 5.95 Å². The van der Waals surface area contributed by atoms with Gasteiger partial charge in [0.1, 0.15) is 11.9 Å². The smallest absolute Gasteiger partial charge is 0.322 e. The normalized spacial score (nSPS) is 19.3. The van der Waals surface area contributed by atoms with Crippen molar-refractivity contribution in [1.82, 2.24) is 24.4 Å². The number of aryl methyl sites for hydroxylation is 1. The topological polar surface area (TPSA) is 87.4 Å². The van der Waals surface area contributed by atoms with Gasteiger partial charge in [0.05, 0.1) is 6.54 Å². The molecule has 0 spiro atoms. The first-order chi connectivity index (χ1) is 10.6. The maximum absolute atomic E-state index is 11.6. The molecule has 0 aromatic carbocycles. The highest BCUT2D eigenvalue weighted by Crippen LogP contribution is 2.17. The van der Waals surface area contributed by atoms with Gasteiger partial charge in [-0.1, -0.05) is 0 Å². The lowest BCUT2D eigenvalue weighted by Crippen LogP contribution is -2.56. The number of rotatable bonds is 4. The van der Waals surface area contributed by atoms with Crippen molar-refractivity contribution in [1.29, 1.82) is 0 Å². The maximum atomic E-state index is 11.6. The maximum Gasteiger partial charge on any atom is 0.322 e. The summed E-state index contributed by atoms with van der Waals surface area (Å²) in [6, 6.07) is 1.14. The molecule has 0 unspecified atom stereocenters. The number of hydrogen-bond acceptors (Lipinski definition) is 6. The van der Waals surface area contributed by atoms with E-state index in [1.165, 1.54) is 0 Å². The van der Waals surface area contributed by atoms with E-state index in [0.717, 1.165) is 5.82 Å². The molecular formula is C14H18N6O2. The Morgan fingerprint density at radius 3 is 2.68 bits per heavy atom. The van der Waals surface area contributed by atoms with Crippen LogP contribution in [0.5, 0.6) is 0 Å². The van der Waals surface area contributed by atoms with E-state index in [9.17, 15) is 9.90 Å². The van der Waals surface area contributed by atoms with Crippen LogP contribution in [0.1, 0.15) is 5.82 Å². The molecule has 3 rings (SSSR count). The van der Waals surface area contributed by atoms with Gasteiger partial charge >= 0.3 is 5.97 Å². The fourth-order valence-corrected chi connectivity index (χ4v) is 2.61. The van der Waals surface area contributed by atoms with Crippen LogP contribution in [-0.4, -0.2) is 61.2 Å². The fraction of sp³-hybridized carbons (Fsp3) is 0.429. The Morgan fingerprint density at radius 2 is 2.05 bits per heavy atom. The average molecular weight is 302 g/mol. The van der Waals surface area contributed by atoms with Gasteiger partial charge in [-0.05, 0) is 6.07 Å². The third-order valence-electron chi connectivity index (χ3n) is 3.88. The molecule has 1 fully saturated rings. The number of imidazole rings is 1. The minimum Gasteiger partial charge on any atom is -0.480 e. The van der Waals surface area contributed by atoms with Gasteiger partial charge in [0, 0.05) is 51.5 Å². The number of aliphatic carboxylic acids is 1. The fourth-order valence-electron chi connectivity index (χ4n) is 2.61. The molecule has 0 saturated carbocycles. The Kier molecular flexibility index (Phi) is 4.01. The van der Waals surface area contributed by atoms with Crippen LogP contribution in [0.2, 0.25) is 0 Å². The Bertz CT molecular complexity index is 644. The van der Waals surface area contributed by atoms with E-state index in [4.69, 9.17) is 0 Å². The molecular weight excluding hydrogens is 284 g/mol. The van der Waals surface area contributed by atoms with E-state index < -0.39 is 12.0 Å². The Morgan fingerprint density at radius 1 is 1.27 bits per heavy atom. The lowest BCUT2D eigenvalue weighted by atomic mass is 10.1. The minimum absolute atomic E-state index is 0.365. The molecule has 2 aromatic rings. The third-order valence-corrected chi connectivity index (χ3v) is 3.88. The lowest BCUT2D eigenvalue weighted by molar-refractivity contribution is -0.143. The zero-order valence-electron chi connectivity index (χ0n) is 12.3. The Labute approximate surface area is 128 Å². The van der Waals surface area contributed by atoms with Gasteiger partial charge < -0.3 is 14.6 Å². The number of carbonyl (C=O) groups is 1. The number of anilines is 1. The van der Waals surface area contributed by atoms with E-state index in [2.05, 4.69) is 15.0 Å². The van der Waals surface area contributed by atoms with Crippen molar-refractivity contribution < 1.29 is 9.90 Å². The predicted molar refractivity (Wildman–Crippen MR) is 79.3 cm³/mol. The van der Waals surface area contributed by atoms with E-state index >= 15 is 0 Å². The summed E-state index contributed by atoms with van der Waals surface area (Å²) in [5.74, 6) is 0.593. The summed E-state index contributed by atoms with van der Waals surface area (Å²) in [7, 11) is 1.91. The minimum atomic E-state index is -0.838. The summed E-state index contributed by atoms with van der Waals surface area (Å²) in [6.07, 6.45) is 6.91. The number of carboxylic acids is 1. The van der Waals surface area contributed by atoms with Crippen LogP contribution in [-0.2, 0) is 18.4 Å². The summed E-state index contributed by atoms with van der Waals surface area (Å²) < 4.78 is 1.91. The zero-order valence-corrected chi connectivity index (χ0v) is 12.3. The second-order valence-electron chi connectivity index (χ2n) is 5.27. The molecule has 0 amide bonds. The van der Waals surface area contributed by atoms with Crippen LogP contribution < -0.4 is 4.90 Å². The molecule has 8 heteroatoms. The summed E-state index contributed by atoms with van der Waals surface area (Å²) in [6.45, 7) is 2.20. The molecule has 1 aliphatic heterocycles. The average Bonchev–Trinajstić information content (AvgIpc) is 2.93. The molecule has 1 atom stereocenters. The van der Waals surface area contributed by atoms with Gasteiger partial charge in [-0.3, -0.25) is 9.69 Å². The molecule has 8 nitrogen and oxygen atoms in total. The van der Waals surface area contributed by atoms with Crippen molar-refractivity contribution in [3.63, 3.8) is 0 Å². The molecule has 22 heavy (non-hydrogen) atoms. The van der Waals surface area contributed by atoms with Crippen molar-refractivity contribution in [2.24, 2.45) is 7.05 Å². The van der Waals surface area contributed by atoms with Crippen LogP contribution >= 0.6 is 0 Å². The lowest BCUT2D eigenvalue weighted by Gasteiger charge is -2.39. The second-order valence-corrected chi connectivity index (χ2v) is 5.27. The number of aromatic nitrogens is 4. The van der Waals surface area contributed by atoms with Gasteiger partial charge in [-0.15, -0.1) is 0 Å². The van der Waals surface area contributed by atoms with E-state index in [-0.39, 0.29) is 0 Å². The van der Waals surface area contributed by atoms with Gasteiger partial charge in [0.25, 0.3) is 0 Å². The van der Waals surface area contributed by atoms with Crippen molar-refractivity contribution >= 4 is 11.9 Å². The number of carboxylic acid groups (broad SMARTS) is 1. The van der Waals surface area contributed by atoms with Crippen LogP contribution in [0, 0.1) is 0 Å². The molecule has 116 valence electrons. The molecule has 1 aliphatic rings. The van der Waals surface area contributed by atoms with Crippen LogP contribution in [0.3, 0.4) is 0 Å².